The lowest BCUT2D eigenvalue weighted by Gasteiger charge is -2.09. The molecule has 0 aliphatic heterocycles. The third-order valence-electron chi connectivity index (χ3n) is 1.61. The fourth-order valence-corrected chi connectivity index (χ4v) is 1.04. The molecule has 17 heavy (non-hydrogen) atoms. The van der Waals surface area contributed by atoms with E-state index in [9.17, 15) is 17.6 Å². The molecule has 0 spiro atoms. The van der Waals surface area contributed by atoms with Crippen LogP contribution in [0.1, 0.15) is 5.56 Å². The van der Waals surface area contributed by atoms with Crippen LogP contribution in [0.25, 0.3) is 0 Å². The van der Waals surface area contributed by atoms with Crippen molar-refractivity contribution < 1.29 is 22.3 Å². The number of alkyl halides is 3. The van der Waals surface area contributed by atoms with Gasteiger partial charge in [0.25, 0.3) is 0 Å². The van der Waals surface area contributed by atoms with Crippen LogP contribution in [-0.4, -0.2) is 19.3 Å². The van der Waals surface area contributed by atoms with Crippen LogP contribution in [0.15, 0.2) is 18.2 Å². The Kier molecular flexibility index (Phi) is 4.35. The molecule has 0 unspecified atom stereocenters. The molecule has 0 aromatic heterocycles. The van der Waals surface area contributed by atoms with E-state index in [1.807, 2.05) is 0 Å². The summed E-state index contributed by atoms with van der Waals surface area (Å²) >= 11 is 0. The lowest BCUT2D eigenvalue weighted by molar-refractivity contribution is -0.153. The van der Waals surface area contributed by atoms with E-state index in [0.29, 0.717) is 0 Å². The van der Waals surface area contributed by atoms with Crippen LogP contribution in [0, 0.1) is 17.7 Å². The van der Waals surface area contributed by atoms with Gasteiger partial charge in [-0.2, -0.15) is 13.2 Å². The maximum Gasteiger partial charge on any atom is 0.422 e. The molecule has 0 amide bonds. The normalized spacial score (nSPS) is 10.6. The van der Waals surface area contributed by atoms with Gasteiger partial charge in [-0.15, -0.1) is 0 Å². The van der Waals surface area contributed by atoms with Gasteiger partial charge in [0.15, 0.2) is 6.61 Å². The number of ether oxygens (including phenoxy) is 1. The van der Waals surface area contributed by atoms with Crippen LogP contribution in [0.3, 0.4) is 0 Å². The quantitative estimate of drug-likeness (QED) is 0.641. The monoisotopic (exact) mass is 247 g/mol. The van der Waals surface area contributed by atoms with Gasteiger partial charge in [0.2, 0.25) is 0 Å². The smallest absolute Gasteiger partial charge is 0.422 e. The topological polar surface area (TPSA) is 35.2 Å². The first-order valence-corrected chi connectivity index (χ1v) is 4.60. The molecule has 0 fully saturated rings. The minimum atomic E-state index is -4.46. The summed E-state index contributed by atoms with van der Waals surface area (Å²) < 4.78 is 53.1. The standard InChI is InChI=1S/C11H9F4NO/c12-9-4-8(2-1-3-16)5-10(6-9)17-7-11(13,14)15/h4-6H,3,7,16H2. The van der Waals surface area contributed by atoms with Crippen LogP contribution in [0.2, 0.25) is 0 Å². The maximum absolute atomic E-state index is 13.0. The molecule has 0 aliphatic rings. The first-order chi connectivity index (χ1) is 7.90. The van der Waals surface area contributed by atoms with E-state index < -0.39 is 18.6 Å². The number of nitrogens with two attached hydrogens (primary N) is 1. The van der Waals surface area contributed by atoms with Crippen molar-refractivity contribution in [3.8, 4) is 17.6 Å². The summed E-state index contributed by atoms with van der Waals surface area (Å²) in [6.45, 7) is -1.39. The Morgan fingerprint density at radius 1 is 1.24 bits per heavy atom. The van der Waals surface area contributed by atoms with Gasteiger partial charge >= 0.3 is 6.18 Å². The van der Waals surface area contributed by atoms with Crippen molar-refractivity contribution in [3.63, 3.8) is 0 Å². The summed E-state index contributed by atoms with van der Waals surface area (Å²) in [6.07, 6.45) is -4.46. The predicted molar refractivity (Wildman–Crippen MR) is 53.9 cm³/mol. The van der Waals surface area contributed by atoms with Crippen LogP contribution < -0.4 is 10.5 Å². The molecule has 0 atom stereocenters. The van der Waals surface area contributed by atoms with E-state index in [0.717, 1.165) is 12.1 Å². The Morgan fingerprint density at radius 3 is 2.53 bits per heavy atom. The number of benzene rings is 1. The Hall–Kier alpha value is -1.74. The van der Waals surface area contributed by atoms with Crippen molar-refractivity contribution in [2.75, 3.05) is 13.2 Å². The summed E-state index contributed by atoms with van der Waals surface area (Å²) in [5.41, 5.74) is 5.34. The van der Waals surface area contributed by atoms with Gasteiger partial charge in [-0.05, 0) is 12.1 Å². The molecule has 0 bridgehead atoms. The summed E-state index contributed by atoms with van der Waals surface area (Å²) in [7, 11) is 0. The molecular weight excluding hydrogens is 238 g/mol. The SMILES string of the molecule is NCC#Cc1cc(F)cc(OCC(F)(F)F)c1. The number of hydrogen-bond donors (Lipinski definition) is 1. The van der Waals surface area contributed by atoms with E-state index in [1.54, 1.807) is 0 Å². The van der Waals surface area contributed by atoms with E-state index >= 15 is 0 Å². The lowest BCUT2D eigenvalue weighted by atomic mass is 10.2. The molecule has 1 rings (SSSR count). The van der Waals surface area contributed by atoms with E-state index in [1.165, 1.54) is 6.07 Å². The van der Waals surface area contributed by atoms with Crippen molar-refractivity contribution in [3.05, 3.63) is 29.6 Å². The highest BCUT2D eigenvalue weighted by Gasteiger charge is 2.28. The third-order valence-corrected chi connectivity index (χ3v) is 1.61. The molecule has 6 heteroatoms. The summed E-state index contributed by atoms with van der Waals surface area (Å²) in [4.78, 5) is 0. The fraction of sp³-hybridized carbons (Fsp3) is 0.273. The first-order valence-electron chi connectivity index (χ1n) is 4.60. The van der Waals surface area contributed by atoms with Gasteiger partial charge < -0.3 is 10.5 Å². The average Bonchev–Trinajstić information content (AvgIpc) is 2.22. The number of rotatable bonds is 2. The molecule has 0 heterocycles. The molecule has 92 valence electrons. The van der Waals surface area contributed by atoms with Crippen LogP contribution in [-0.2, 0) is 0 Å². The van der Waals surface area contributed by atoms with Gasteiger partial charge in [-0.1, -0.05) is 11.8 Å². The van der Waals surface area contributed by atoms with Crippen molar-refractivity contribution in [1.29, 1.82) is 0 Å². The van der Waals surface area contributed by atoms with E-state index in [2.05, 4.69) is 16.6 Å². The van der Waals surface area contributed by atoms with E-state index in [4.69, 9.17) is 5.73 Å². The highest BCUT2D eigenvalue weighted by Crippen LogP contribution is 2.20. The Balaban J connectivity index is 2.82. The molecule has 1 aromatic carbocycles. The van der Waals surface area contributed by atoms with Crippen LogP contribution in [0.4, 0.5) is 17.6 Å². The molecule has 0 saturated carbocycles. The second kappa shape index (κ2) is 5.55. The summed E-state index contributed by atoms with van der Waals surface area (Å²) in [6, 6.07) is 3.17. The Bertz CT molecular complexity index is 445. The first kappa shape index (κ1) is 13.3. The summed E-state index contributed by atoms with van der Waals surface area (Å²) in [5, 5.41) is 0. The summed E-state index contributed by atoms with van der Waals surface area (Å²) in [5.74, 6) is 4.04. The molecule has 0 radical (unpaired) electrons. The molecular formula is C11H9F4NO. The maximum atomic E-state index is 13.0. The van der Waals surface area contributed by atoms with Gasteiger partial charge in [0.05, 0.1) is 6.54 Å². The molecule has 0 saturated heterocycles. The van der Waals surface area contributed by atoms with Crippen LogP contribution in [0.5, 0.6) is 5.75 Å². The highest BCUT2D eigenvalue weighted by molar-refractivity contribution is 5.40. The van der Waals surface area contributed by atoms with Gasteiger partial charge in [-0.3, -0.25) is 0 Å². The van der Waals surface area contributed by atoms with Crippen molar-refractivity contribution in [2.45, 2.75) is 6.18 Å². The van der Waals surface area contributed by atoms with Gasteiger partial charge in [-0.25, -0.2) is 4.39 Å². The average molecular weight is 247 g/mol. The van der Waals surface area contributed by atoms with Crippen LogP contribution >= 0.6 is 0 Å². The fourth-order valence-electron chi connectivity index (χ4n) is 1.04. The highest BCUT2D eigenvalue weighted by atomic mass is 19.4. The Labute approximate surface area is 95.4 Å². The zero-order valence-corrected chi connectivity index (χ0v) is 8.64. The van der Waals surface area contributed by atoms with Gasteiger partial charge in [0, 0.05) is 11.6 Å². The third kappa shape index (κ3) is 5.22. The van der Waals surface area contributed by atoms with Crippen molar-refractivity contribution in [1.82, 2.24) is 0 Å². The number of halogens is 4. The largest absolute Gasteiger partial charge is 0.484 e. The minimum Gasteiger partial charge on any atom is -0.484 e. The van der Waals surface area contributed by atoms with Crippen molar-refractivity contribution in [2.24, 2.45) is 5.73 Å². The Morgan fingerprint density at radius 2 is 1.94 bits per heavy atom. The second-order valence-electron chi connectivity index (χ2n) is 3.09. The van der Waals surface area contributed by atoms with Crippen molar-refractivity contribution >= 4 is 0 Å². The zero-order valence-electron chi connectivity index (χ0n) is 8.64. The molecule has 0 aliphatic carbocycles. The molecule has 1 aromatic rings. The van der Waals surface area contributed by atoms with Gasteiger partial charge in [0.1, 0.15) is 11.6 Å². The van der Waals surface area contributed by atoms with E-state index in [-0.39, 0.29) is 17.9 Å². The zero-order chi connectivity index (χ0) is 12.9. The predicted octanol–water partition coefficient (Wildman–Crippen LogP) is 2.08. The lowest BCUT2D eigenvalue weighted by Crippen LogP contribution is -2.19. The number of hydrogen-bond acceptors (Lipinski definition) is 2. The molecule has 2 nitrogen and oxygen atoms in total. The minimum absolute atomic E-state index is 0.0786. The molecule has 2 N–H and O–H groups in total. The second-order valence-corrected chi connectivity index (χ2v) is 3.09.